The summed E-state index contributed by atoms with van der Waals surface area (Å²) < 4.78 is 15.5. The van der Waals surface area contributed by atoms with Gasteiger partial charge in [-0.15, -0.1) is 0 Å². The van der Waals surface area contributed by atoms with Crippen LogP contribution in [-0.4, -0.2) is 30.1 Å². The maximum Gasteiger partial charge on any atom is 0.500 e. The summed E-state index contributed by atoms with van der Waals surface area (Å²) in [7, 11) is 2.68. The van der Waals surface area contributed by atoms with Gasteiger partial charge in [-0.05, 0) is 0 Å². The largest absolute Gasteiger partial charge is 0.500 e. The van der Waals surface area contributed by atoms with E-state index in [0.717, 1.165) is 12.5 Å². The standard InChI is InChI=1S/C6H16O3Si.H3N/c1-5-6-10(7-2,8-3)9-4;/h5-6H2,1-4H3;1H3. The Hall–Kier alpha value is 0.0569. The molecule has 5 heteroatoms. The van der Waals surface area contributed by atoms with E-state index in [0.29, 0.717) is 0 Å². The van der Waals surface area contributed by atoms with Crippen molar-refractivity contribution in [2.24, 2.45) is 0 Å². The maximum absolute atomic E-state index is 5.17. The molecule has 0 rings (SSSR count). The molecule has 0 saturated heterocycles. The third kappa shape index (κ3) is 3.83. The van der Waals surface area contributed by atoms with Gasteiger partial charge in [0.25, 0.3) is 0 Å². The molecule has 0 amide bonds. The van der Waals surface area contributed by atoms with Crippen LogP contribution in [0.3, 0.4) is 0 Å². The van der Waals surface area contributed by atoms with Crippen molar-refractivity contribution >= 4 is 8.80 Å². The van der Waals surface area contributed by atoms with Gasteiger partial charge in [0.15, 0.2) is 0 Å². The molecule has 0 radical (unpaired) electrons. The first-order valence-corrected chi connectivity index (χ1v) is 5.33. The second-order valence-corrected chi connectivity index (χ2v) is 5.14. The molecule has 0 aromatic rings. The predicted octanol–water partition coefficient (Wildman–Crippen LogP) is 1.44. The van der Waals surface area contributed by atoms with E-state index >= 15 is 0 Å². The lowest BCUT2D eigenvalue weighted by Crippen LogP contribution is -2.42. The minimum absolute atomic E-state index is 0. The topological polar surface area (TPSA) is 62.7 Å². The summed E-state index contributed by atoms with van der Waals surface area (Å²) in [6, 6.07) is 0.885. The van der Waals surface area contributed by atoms with Gasteiger partial charge in [-0.2, -0.15) is 0 Å². The lowest BCUT2D eigenvalue weighted by Gasteiger charge is -2.23. The third-order valence-electron chi connectivity index (χ3n) is 1.49. The fourth-order valence-electron chi connectivity index (χ4n) is 0.862. The monoisotopic (exact) mass is 181 g/mol. The zero-order valence-electron chi connectivity index (χ0n) is 7.85. The predicted molar refractivity (Wildman–Crippen MR) is 46.9 cm³/mol. The number of rotatable bonds is 5. The second-order valence-electron chi connectivity index (χ2n) is 2.05. The summed E-state index contributed by atoms with van der Waals surface area (Å²) in [5.41, 5.74) is 0. The summed E-state index contributed by atoms with van der Waals surface area (Å²) in [6.07, 6.45) is 1.03. The zero-order valence-corrected chi connectivity index (χ0v) is 8.85. The first kappa shape index (κ1) is 13.6. The fraction of sp³-hybridized carbons (Fsp3) is 1.00. The van der Waals surface area contributed by atoms with Crippen molar-refractivity contribution in [2.75, 3.05) is 21.3 Å². The minimum atomic E-state index is -2.22. The van der Waals surface area contributed by atoms with E-state index < -0.39 is 8.80 Å². The molecule has 4 nitrogen and oxygen atoms in total. The fourth-order valence-corrected chi connectivity index (χ4v) is 2.59. The van der Waals surface area contributed by atoms with E-state index in [9.17, 15) is 0 Å². The lowest BCUT2D eigenvalue weighted by molar-refractivity contribution is 0.123. The summed E-state index contributed by atoms with van der Waals surface area (Å²) in [6.45, 7) is 2.08. The highest BCUT2D eigenvalue weighted by atomic mass is 28.4. The zero-order chi connectivity index (χ0) is 8.04. The minimum Gasteiger partial charge on any atom is -0.377 e. The summed E-state index contributed by atoms with van der Waals surface area (Å²) in [4.78, 5) is 0. The van der Waals surface area contributed by atoms with Crippen molar-refractivity contribution in [3.05, 3.63) is 0 Å². The average Bonchev–Trinajstić information content (AvgIpc) is 2.01. The number of hydrogen-bond acceptors (Lipinski definition) is 4. The molecule has 0 atom stereocenters. The van der Waals surface area contributed by atoms with Gasteiger partial charge in [0.2, 0.25) is 0 Å². The highest BCUT2D eigenvalue weighted by Gasteiger charge is 2.36. The Morgan fingerprint density at radius 2 is 1.36 bits per heavy atom. The Morgan fingerprint density at radius 1 is 1.00 bits per heavy atom. The molecular formula is C6H19NO3Si. The van der Waals surface area contributed by atoms with Gasteiger partial charge in [-0.1, -0.05) is 13.3 Å². The molecule has 0 unspecified atom stereocenters. The van der Waals surface area contributed by atoms with Crippen LogP contribution >= 0.6 is 0 Å². The molecule has 0 bridgehead atoms. The Labute approximate surface area is 69.8 Å². The first-order valence-electron chi connectivity index (χ1n) is 3.40. The SMILES string of the molecule is CCC[Si](OC)(OC)OC.N. The number of hydrogen-bond donors (Lipinski definition) is 1. The molecule has 70 valence electrons. The van der Waals surface area contributed by atoms with E-state index in [1.807, 2.05) is 0 Å². The summed E-state index contributed by atoms with van der Waals surface area (Å²) in [5.74, 6) is 0. The highest BCUT2D eigenvalue weighted by molar-refractivity contribution is 6.60. The van der Waals surface area contributed by atoms with Gasteiger partial charge >= 0.3 is 8.80 Å². The molecule has 0 aliphatic heterocycles. The molecule has 11 heavy (non-hydrogen) atoms. The Morgan fingerprint density at radius 3 is 1.45 bits per heavy atom. The van der Waals surface area contributed by atoms with Crippen molar-refractivity contribution in [2.45, 2.75) is 19.4 Å². The first-order chi connectivity index (χ1) is 4.74. The molecule has 0 aliphatic carbocycles. The molecule has 0 aromatic heterocycles. The van der Waals surface area contributed by atoms with Gasteiger partial charge in [0.1, 0.15) is 0 Å². The van der Waals surface area contributed by atoms with Crippen LogP contribution in [0.4, 0.5) is 0 Å². The molecule has 0 spiro atoms. The smallest absolute Gasteiger partial charge is 0.377 e. The van der Waals surface area contributed by atoms with Crippen LogP contribution in [0.15, 0.2) is 0 Å². The lowest BCUT2D eigenvalue weighted by atomic mass is 10.6. The van der Waals surface area contributed by atoms with Crippen molar-refractivity contribution in [1.29, 1.82) is 0 Å². The van der Waals surface area contributed by atoms with E-state index in [1.54, 1.807) is 21.3 Å². The van der Waals surface area contributed by atoms with Gasteiger partial charge < -0.3 is 19.4 Å². The normalized spacial score (nSPS) is 10.9. The van der Waals surface area contributed by atoms with E-state index in [1.165, 1.54) is 0 Å². The van der Waals surface area contributed by atoms with Crippen molar-refractivity contribution in [1.82, 2.24) is 6.15 Å². The molecule has 0 heterocycles. The Kier molecular flexibility index (Phi) is 8.36. The van der Waals surface area contributed by atoms with Crippen molar-refractivity contribution < 1.29 is 13.3 Å². The van der Waals surface area contributed by atoms with Crippen LogP contribution in [0.5, 0.6) is 0 Å². The van der Waals surface area contributed by atoms with Crippen molar-refractivity contribution in [3.63, 3.8) is 0 Å². The van der Waals surface area contributed by atoms with Crippen LogP contribution < -0.4 is 6.15 Å². The van der Waals surface area contributed by atoms with Crippen LogP contribution in [0.1, 0.15) is 13.3 Å². The van der Waals surface area contributed by atoms with E-state index in [4.69, 9.17) is 13.3 Å². The summed E-state index contributed by atoms with van der Waals surface area (Å²) in [5, 5.41) is 0. The van der Waals surface area contributed by atoms with Crippen LogP contribution in [-0.2, 0) is 13.3 Å². The average molecular weight is 181 g/mol. The molecule has 0 fully saturated rings. The van der Waals surface area contributed by atoms with E-state index in [2.05, 4.69) is 6.92 Å². The van der Waals surface area contributed by atoms with Gasteiger partial charge in [0.05, 0.1) is 0 Å². The molecular weight excluding hydrogens is 162 g/mol. The van der Waals surface area contributed by atoms with Gasteiger partial charge in [0, 0.05) is 27.4 Å². The molecule has 3 N–H and O–H groups in total. The molecule has 0 saturated carbocycles. The van der Waals surface area contributed by atoms with E-state index in [-0.39, 0.29) is 6.15 Å². The highest BCUT2D eigenvalue weighted by Crippen LogP contribution is 2.13. The second kappa shape index (κ2) is 6.75. The Bertz CT molecular complexity index is 79.6. The maximum atomic E-state index is 5.17. The van der Waals surface area contributed by atoms with Crippen LogP contribution in [0.25, 0.3) is 0 Å². The molecule has 0 aliphatic rings. The van der Waals surface area contributed by atoms with Gasteiger partial charge in [-0.3, -0.25) is 0 Å². The third-order valence-corrected chi connectivity index (χ3v) is 4.47. The van der Waals surface area contributed by atoms with Crippen molar-refractivity contribution in [3.8, 4) is 0 Å². The van der Waals surface area contributed by atoms with Gasteiger partial charge in [-0.25, -0.2) is 0 Å². The van der Waals surface area contributed by atoms with Crippen LogP contribution in [0.2, 0.25) is 6.04 Å². The quantitative estimate of drug-likeness (QED) is 0.652. The van der Waals surface area contributed by atoms with Crippen LogP contribution in [0, 0.1) is 0 Å². The Balaban J connectivity index is 0. The molecule has 0 aromatic carbocycles. The summed E-state index contributed by atoms with van der Waals surface area (Å²) >= 11 is 0.